The first-order chi connectivity index (χ1) is 12.6. The number of nitrogens with one attached hydrogen (secondary N) is 1. The van der Waals surface area contributed by atoms with Gasteiger partial charge in [-0.1, -0.05) is 30.3 Å². The summed E-state index contributed by atoms with van der Waals surface area (Å²) in [4.78, 5) is 17.6. The van der Waals surface area contributed by atoms with Crippen molar-refractivity contribution >= 4 is 23.4 Å². The standard InChI is InChI=1S/C21H29N3OS/c1-23(16-18-10-12-20(26-3)13-11-18)17-21(25)22-14-7-15-24(2)19-8-5-4-6-9-19/h4-6,8-13H,7,14-17H2,1-3H3,(H,22,25). The molecule has 0 aliphatic carbocycles. The first-order valence-corrected chi connectivity index (χ1v) is 10.2. The van der Waals surface area contributed by atoms with Gasteiger partial charge in [0.2, 0.25) is 5.91 Å². The number of benzene rings is 2. The first-order valence-electron chi connectivity index (χ1n) is 8.93. The van der Waals surface area contributed by atoms with Crippen molar-refractivity contribution in [1.29, 1.82) is 0 Å². The van der Waals surface area contributed by atoms with Crippen molar-refractivity contribution in [1.82, 2.24) is 10.2 Å². The summed E-state index contributed by atoms with van der Waals surface area (Å²) in [6.45, 7) is 2.81. The molecule has 0 aromatic heterocycles. The van der Waals surface area contributed by atoms with Crippen LogP contribution < -0.4 is 10.2 Å². The highest BCUT2D eigenvalue weighted by Gasteiger charge is 2.07. The van der Waals surface area contributed by atoms with Crippen molar-refractivity contribution in [2.75, 3.05) is 44.9 Å². The average Bonchev–Trinajstić information content (AvgIpc) is 2.66. The van der Waals surface area contributed by atoms with Crippen LogP contribution in [0.4, 0.5) is 5.69 Å². The van der Waals surface area contributed by atoms with Crippen LogP contribution in [-0.2, 0) is 11.3 Å². The van der Waals surface area contributed by atoms with E-state index < -0.39 is 0 Å². The van der Waals surface area contributed by atoms with Crippen LogP contribution in [-0.4, -0.2) is 50.8 Å². The molecule has 0 bridgehead atoms. The van der Waals surface area contributed by atoms with Crippen molar-refractivity contribution in [3.63, 3.8) is 0 Å². The Kier molecular flexibility index (Phi) is 8.51. The lowest BCUT2D eigenvalue weighted by Crippen LogP contribution is -2.36. The molecule has 2 aromatic carbocycles. The fourth-order valence-electron chi connectivity index (χ4n) is 2.76. The molecule has 140 valence electrons. The number of likely N-dealkylation sites (N-methyl/N-ethyl adjacent to an activating group) is 1. The number of hydrogen-bond donors (Lipinski definition) is 1. The highest BCUT2D eigenvalue weighted by atomic mass is 32.2. The molecule has 2 rings (SSSR count). The largest absolute Gasteiger partial charge is 0.375 e. The highest BCUT2D eigenvalue weighted by molar-refractivity contribution is 7.98. The third-order valence-electron chi connectivity index (χ3n) is 4.21. The number of carbonyl (C=O) groups excluding carboxylic acids is 1. The number of hydrogen-bond acceptors (Lipinski definition) is 4. The van der Waals surface area contributed by atoms with Gasteiger partial charge in [-0.2, -0.15) is 0 Å². The van der Waals surface area contributed by atoms with Gasteiger partial charge >= 0.3 is 0 Å². The number of rotatable bonds is 10. The minimum atomic E-state index is 0.0793. The van der Waals surface area contributed by atoms with E-state index in [0.29, 0.717) is 13.1 Å². The maximum Gasteiger partial charge on any atom is 0.234 e. The van der Waals surface area contributed by atoms with Crippen LogP contribution in [0.15, 0.2) is 59.5 Å². The number of thioether (sulfide) groups is 1. The number of nitrogens with zero attached hydrogens (tertiary/aromatic N) is 2. The Bertz CT molecular complexity index is 661. The number of para-hydroxylation sites is 1. The monoisotopic (exact) mass is 371 g/mol. The molecule has 0 unspecified atom stereocenters. The summed E-state index contributed by atoms with van der Waals surface area (Å²) in [5.74, 6) is 0.0793. The van der Waals surface area contributed by atoms with Crippen LogP contribution in [0.5, 0.6) is 0 Å². The van der Waals surface area contributed by atoms with Crippen molar-refractivity contribution in [2.24, 2.45) is 0 Å². The van der Waals surface area contributed by atoms with Gasteiger partial charge in [-0.15, -0.1) is 11.8 Å². The molecule has 0 saturated carbocycles. The van der Waals surface area contributed by atoms with Crippen LogP contribution in [0, 0.1) is 0 Å². The van der Waals surface area contributed by atoms with Crippen molar-refractivity contribution in [3.05, 3.63) is 60.2 Å². The Morgan fingerprint density at radius 1 is 1.04 bits per heavy atom. The molecule has 2 aromatic rings. The predicted octanol–water partition coefficient (Wildman–Crippen LogP) is 3.48. The van der Waals surface area contributed by atoms with Gasteiger partial charge < -0.3 is 10.2 Å². The second-order valence-electron chi connectivity index (χ2n) is 6.48. The summed E-state index contributed by atoms with van der Waals surface area (Å²) in [7, 11) is 4.05. The van der Waals surface area contributed by atoms with E-state index in [4.69, 9.17) is 0 Å². The third kappa shape index (κ3) is 7.10. The molecule has 0 aliphatic rings. The van der Waals surface area contributed by atoms with Crippen LogP contribution in [0.2, 0.25) is 0 Å². The van der Waals surface area contributed by atoms with Gasteiger partial charge in [0.05, 0.1) is 6.54 Å². The lowest BCUT2D eigenvalue weighted by molar-refractivity contribution is -0.122. The Hall–Kier alpha value is -1.98. The summed E-state index contributed by atoms with van der Waals surface area (Å²) in [6.07, 6.45) is 3.00. The van der Waals surface area contributed by atoms with E-state index in [1.54, 1.807) is 11.8 Å². The van der Waals surface area contributed by atoms with Crippen molar-refractivity contribution in [3.8, 4) is 0 Å². The normalized spacial score (nSPS) is 10.8. The summed E-state index contributed by atoms with van der Waals surface area (Å²) in [5, 5.41) is 3.01. The fourth-order valence-corrected chi connectivity index (χ4v) is 3.16. The molecule has 0 radical (unpaired) electrons. The zero-order chi connectivity index (χ0) is 18.8. The van der Waals surface area contributed by atoms with E-state index in [9.17, 15) is 4.79 Å². The van der Waals surface area contributed by atoms with Gasteiger partial charge in [0.1, 0.15) is 0 Å². The quantitative estimate of drug-likeness (QED) is 0.512. The summed E-state index contributed by atoms with van der Waals surface area (Å²) in [5.41, 5.74) is 2.42. The van der Waals surface area contributed by atoms with E-state index in [2.05, 4.69) is 59.9 Å². The Morgan fingerprint density at radius 3 is 2.38 bits per heavy atom. The maximum atomic E-state index is 12.1. The molecular weight excluding hydrogens is 342 g/mol. The number of carbonyl (C=O) groups is 1. The van der Waals surface area contributed by atoms with E-state index in [0.717, 1.165) is 19.5 Å². The van der Waals surface area contributed by atoms with Crippen molar-refractivity contribution in [2.45, 2.75) is 17.9 Å². The SMILES string of the molecule is CSc1ccc(CN(C)CC(=O)NCCCN(C)c2ccccc2)cc1. The highest BCUT2D eigenvalue weighted by Crippen LogP contribution is 2.15. The molecule has 5 heteroatoms. The number of amides is 1. The minimum absolute atomic E-state index is 0.0793. The maximum absolute atomic E-state index is 12.1. The molecule has 0 atom stereocenters. The molecule has 0 aliphatic heterocycles. The van der Waals surface area contributed by atoms with Gasteiger partial charge in [-0.05, 0) is 49.6 Å². The van der Waals surface area contributed by atoms with E-state index in [-0.39, 0.29) is 5.91 Å². The third-order valence-corrected chi connectivity index (χ3v) is 4.96. The summed E-state index contributed by atoms with van der Waals surface area (Å²) >= 11 is 1.74. The zero-order valence-corrected chi connectivity index (χ0v) is 16.8. The molecular formula is C21H29N3OS. The average molecular weight is 372 g/mol. The van der Waals surface area contributed by atoms with Gasteiger partial charge in [-0.25, -0.2) is 0 Å². The van der Waals surface area contributed by atoms with Gasteiger partial charge in [0.15, 0.2) is 0 Å². The van der Waals surface area contributed by atoms with Gasteiger partial charge in [-0.3, -0.25) is 9.69 Å². The van der Waals surface area contributed by atoms with Crippen LogP contribution in [0.1, 0.15) is 12.0 Å². The molecule has 0 fully saturated rings. The summed E-state index contributed by atoms with van der Waals surface area (Å²) in [6, 6.07) is 18.8. The molecule has 0 heterocycles. The second-order valence-corrected chi connectivity index (χ2v) is 7.36. The Morgan fingerprint density at radius 2 is 1.73 bits per heavy atom. The predicted molar refractivity (Wildman–Crippen MR) is 112 cm³/mol. The molecule has 4 nitrogen and oxygen atoms in total. The Labute approximate surface area is 161 Å². The smallest absolute Gasteiger partial charge is 0.234 e. The van der Waals surface area contributed by atoms with Crippen molar-refractivity contribution < 1.29 is 4.79 Å². The Balaban J connectivity index is 1.63. The first kappa shape index (κ1) is 20.3. The molecule has 26 heavy (non-hydrogen) atoms. The molecule has 1 amide bonds. The van der Waals surface area contributed by atoms with Gasteiger partial charge in [0.25, 0.3) is 0 Å². The van der Waals surface area contributed by atoms with Crippen LogP contribution >= 0.6 is 11.8 Å². The molecule has 1 N–H and O–H groups in total. The van der Waals surface area contributed by atoms with E-state index >= 15 is 0 Å². The second kappa shape index (κ2) is 10.9. The van der Waals surface area contributed by atoms with Crippen LogP contribution in [0.3, 0.4) is 0 Å². The lowest BCUT2D eigenvalue weighted by atomic mass is 10.2. The lowest BCUT2D eigenvalue weighted by Gasteiger charge is -2.20. The summed E-state index contributed by atoms with van der Waals surface area (Å²) < 4.78 is 0. The number of anilines is 1. The zero-order valence-electron chi connectivity index (χ0n) is 15.9. The fraction of sp³-hybridized carbons (Fsp3) is 0.381. The minimum Gasteiger partial charge on any atom is -0.375 e. The van der Waals surface area contributed by atoms with Crippen LogP contribution in [0.25, 0.3) is 0 Å². The molecule has 0 saturated heterocycles. The van der Waals surface area contributed by atoms with E-state index in [1.807, 2.05) is 30.1 Å². The van der Waals surface area contributed by atoms with Gasteiger partial charge in [0, 0.05) is 37.3 Å². The topological polar surface area (TPSA) is 35.6 Å². The molecule has 0 spiro atoms. The van der Waals surface area contributed by atoms with E-state index in [1.165, 1.54) is 16.1 Å².